The smallest absolute Gasteiger partial charge is 0.316 e. The number of benzene rings is 1. The Morgan fingerprint density at radius 3 is 2.72 bits per heavy atom. The molecule has 1 heterocycles. The van der Waals surface area contributed by atoms with Gasteiger partial charge in [0.15, 0.2) is 0 Å². The van der Waals surface area contributed by atoms with E-state index >= 15 is 0 Å². The quantitative estimate of drug-likeness (QED) is 0.663. The van der Waals surface area contributed by atoms with E-state index in [4.69, 9.17) is 0 Å². The van der Waals surface area contributed by atoms with Crippen LogP contribution in [0.2, 0.25) is 0 Å². The van der Waals surface area contributed by atoms with E-state index in [1.807, 2.05) is 30.3 Å². The number of rotatable bonds is 6. The Labute approximate surface area is 155 Å². The number of piperidine rings is 1. The normalized spacial score (nSPS) is 19.2. The number of hydrogen-bond acceptors (Lipinski definition) is 3. The van der Waals surface area contributed by atoms with Crippen LogP contribution >= 0.6 is 11.8 Å². The first-order chi connectivity index (χ1) is 12.1. The Morgan fingerprint density at radius 2 is 2.12 bits per heavy atom. The predicted octanol–water partition coefficient (Wildman–Crippen LogP) is 5.09. The summed E-state index contributed by atoms with van der Waals surface area (Å²) in [6.45, 7) is 8.40. The van der Waals surface area contributed by atoms with Crippen molar-refractivity contribution < 1.29 is 4.79 Å². The standard InChI is InChI=1S/C20H29N3OS/c1-4-15(3)19(23-20(24)22-17-11-7-6-8-12-17)25-18(5-2)16-10-9-13-21-14-16/h5-8,11-12,16,21H,4,9-10,13-14H2,1-3H3,(H2,22,23,24). The number of hydrogen-bond donors (Lipinski definition) is 3. The maximum atomic E-state index is 12.4. The SMILES string of the molecule is CC=C(SC(NC(=O)Nc1ccccc1)=C(C)CC)C1CCCNC1. The number of urea groups is 1. The number of thioether (sulfide) groups is 1. The van der Waals surface area contributed by atoms with Crippen LogP contribution in [-0.2, 0) is 0 Å². The minimum Gasteiger partial charge on any atom is -0.316 e. The van der Waals surface area contributed by atoms with Crippen LogP contribution in [0.1, 0.15) is 40.0 Å². The summed E-state index contributed by atoms with van der Waals surface area (Å²) in [4.78, 5) is 13.7. The van der Waals surface area contributed by atoms with Gasteiger partial charge >= 0.3 is 6.03 Å². The van der Waals surface area contributed by atoms with E-state index in [-0.39, 0.29) is 6.03 Å². The topological polar surface area (TPSA) is 53.2 Å². The zero-order valence-electron chi connectivity index (χ0n) is 15.4. The second-order valence-corrected chi connectivity index (χ2v) is 7.33. The molecule has 1 aliphatic heterocycles. The van der Waals surface area contributed by atoms with Gasteiger partial charge in [0.25, 0.3) is 0 Å². The highest BCUT2D eigenvalue weighted by atomic mass is 32.2. The van der Waals surface area contributed by atoms with Gasteiger partial charge in [-0.2, -0.15) is 0 Å². The Balaban J connectivity index is 2.04. The van der Waals surface area contributed by atoms with Gasteiger partial charge in [-0.3, -0.25) is 0 Å². The molecule has 1 aromatic rings. The molecule has 1 aromatic carbocycles. The molecule has 0 bridgehead atoms. The van der Waals surface area contributed by atoms with Gasteiger partial charge in [-0.05, 0) is 62.3 Å². The minimum atomic E-state index is -0.196. The second kappa shape index (κ2) is 10.3. The first-order valence-electron chi connectivity index (χ1n) is 9.01. The Bertz CT molecular complexity index is 619. The summed E-state index contributed by atoms with van der Waals surface area (Å²) in [6.07, 6.45) is 5.50. The lowest BCUT2D eigenvalue weighted by atomic mass is 9.99. The summed E-state index contributed by atoms with van der Waals surface area (Å²) in [5.74, 6) is 0.530. The summed E-state index contributed by atoms with van der Waals surface area (Å²) >= 11 is 1.70. The minimum absolute atomic E-state index is 0.196. The third-order valence-corrected chi connectivity index (χ3v) is 5.84. The molecule has 4 nitrogen and oxygen atoms in total. The fourth-order valence-corrected chi connectivity index (χ4v) is 3.94. The lowest BCUT2D eigenvalue weighted by Gasteiger charge is -2.26. The molecule has 2 rings (SSSR count). The first-order valence-corrected chi connectivity index (χ1v) is 9.83. The summed E-state index contributed by atoms with van der Waals surface area (Å²) in [7, 11) is 0. The summed E-state index contributed by atoms with van der Waals surface area (Å²) < 4.78 is 0. The molecule has 0 radical (unpaired) electrons. The largest absolute Gasteiger partial charge is 0.324 e. The van der Waals surface area contributed by atoms with Crippen molar-refractivity contribution in [2.24, 2.45) is 5.92 Å². The van der Waals surface area contributed by atoms with Gasteiger partial charge < -0.3 is 16.0 Å². The lowest BCUT2D eigenvalue weighted by Crippen LogP contribution is -2.31. The molecule has 136 valence electrons. The van der Waals surface area contributed by atoms with E-state index in [0.717, 1.165) is 30.2 Å². The maximum Gasteiger partial charge on any atom is 0.324 e. The Morgan fingerprint density at radius 1 is 1.36 bits per heavy atom. The average molecular weight is 360 g/mol. The molecular weight excluding hydrogens is 330 g/mol. The van der Waals surface area contributed by atoms with Crippen LogP contribution in [0.25, 0.3) is 0 Å². The summed E-state index contributed by atoms with van der Waals surface area (Å²) in [5.41, 5.74) is 1.98. The molecule has 1 atom stereocenters. The number of para-hydroxylation sites is 1. The maximum absolute atomic E-state index is 12.4. The highest BCUT2D eigenvalue weighted by molar-refractivity contribution is 8.06. The van der Waals surface area contributed by atoms with Gasteiger partial charge in [-0.15, -0.1) is 0 Å². The van der Waals surface area contributed by atoms with Crippen molar-refractivity contribution in [3.8, 4) is 0 Å². The Hall–Kier alpha value is -1.72. The van der Waals surface area contributed by atoms with Gasteiger partial charge in [-0.25, -0.2) is 4.79 Å². The van der Waals surface area contributed by atoms with Gasteiger partial charge in [-0.1, -0.05) is 43.0 Å². The third-order valence-electron chi connectivity index (χ3n) is 4.38. The zero-order chi connectivity index (χ0) is 18.1. The first kappa shape index (κ1) is 19.6. The summed E-state index contributed by atoms with van der Waals surface area (Å²) in [5, 5.41) is 10.4. The molecule has 3 N–H and O–H groups in total. The molecule has 0 aromatic heterocycles. The van der Waals surface area contributed by atoms with Crippen molar-refractivity contribution in [3.05, 3.63) is 51.9 Å². The third kappa shape index (κ3) is 6.25. The van der Waals surface area contributed by atoms with Gasteiger partial charge in [0, 0.05) is 18.2 Å². The van der Waals surface area contributed by atoms with Crippen LogP contribution in [0.5, 0.6) is 0 Å². The van der Waals surface area contributed by atoms with Crippen LogP contribution in [0, 0.1) is 5.92 Å². The molecular formula is C20H29N3OS. The van der Waals surface area contributed by atoms with Crippen LogP contribution in [0.4, 0.5) is 10.5 Å². The van der Waals surface area contributed by atoms with Crippen molar-refractivity contribution >= 4 is 23.5 Å². The highest BCUT2D eigenvalue weighted by Crippen LogP contribution is 2.35. The molecule has 5 heteroatoms. The van der Waals surface area contributed by atoms with E-state index in [1.54, 1.807) is 11.8 Å². The molecule has 1 unspecified atom stereocenters. The number of carbonyl (C=O) groups excluding carboxylic acids is 1. The zero-order valence-corrected chi connectivity index (χ0v) is 16.2. The number of nitrogens with one attached hydrogen (secondary N) is 3. The monoisotopic (exact) mass is 359 g/mol. The van der Waals surface area contributed by atoms with Crippen LogP contribution < -0.4 is 16.0 Å². The molecule has 0 saturated carbocycles. The van der Waals surface area contributed by atoms with Crippen LogP contribution in [0.15, 0.2) is 51.9 Å². The van der Waals surface area contributed by atoms with Crippen LogP contribution in [0.3, 0.4) is 0 Å². The predicted molar refractivity (Wildman–Crippen MR) is 109 cm³/mol. The highest BCUT2D eigenvalue weighted by Gasteiger charge is 2.20. The fraction of sp³-hybridized carbons (Fsp3) is 0.450. The molecule has 25 heavy (non-hydrogen) atoms. The molecule has 1 fully saturated rings. The van der Waals surface area contributed by atoms with Crippen molar-refractivity contribution in [1.29, 1.82) is 0 Å². The molecule has 0 aliphatic carbocycles. The second-order valence-electron chi connectivity index (χ2n) is 6.24. The fourth-order valence-electron chi connectivity index (χ4n) is 2.76. The van der Waals surface area contributed by atoms with Gasteiger partial charge in [0.1, 0.15) is 0 Å². The van der Waals surface area contributed by atoms with Crippen LogP contribution in [-0.4, -0.2) is 19.1 Å². The van der Waals surface area contributed by atoms with Gasteiger partial charge in [0.2, 0.25) is 0 Å². The molecule has 0 spiro atoms. The number of anilines is 1. The molecule has 1 saturated heterocycles. The van der Waals surface area contributed by atoms with Crippen molar-refractivity contribution in [3.63, 3.8) is 0 Å². The van der Waals surface area contributed by atoms with Crippen molar-refractivity contribution in [2.75, 3.05) is 18.4 Å². The van der Waals surface area contributed by atoms with Crippen molar-refractivity contribution in [2.45, 2.75) is 40.0 Å². The van der Waals surface area contributed by atoms with Gasteiger partial charge in [0.05, 0.1) is 5.03 Å². The molecule has 1 aliphatic rings. The van der Waals surface area contributed by atoms with Crippen molar-refractivity contribution in [1.82, 2.24) is 10.6 Å². The molecule has 2 amide bonds. The van der Waals surface area contributed by atoms with E-state index in [0.29, 0.717) is 5.92 Å². The van der Waals surface area contributed by atoms with E-state index in [9.17, 15) is 4.79 Å². The Kier molecular flexibility index (Phi) is 8.09. The number of carbonyl (C=O) groups is 1. The van der Waals surface area contributed by atoms with E-state index < -0.39 is 0 Å². The number of amides is 2. The number of allylic oxidation sites excluding steroid dienone is 2. The lowest BCUT2D eigenvalue weighted by molar-refractivity contribution is 0.254. The summed E-state index contributed by atoms with van der Waals surface area (Å²) in [6, 6.07) is 9.32. The van der Waals surface area contributed by atoms with E-state index in [2.05, 4.69) is 42.8 Å². The van der Waals surface area contributed by atoms with E-state index in [1.165, 1.54) is 23.3 Å². The average Bonchev–Trinajstić information content (AvgIpc) is 2.65.